The van der Waals surface area contributed by atoms with E-state index in [9.17, 15) is 26.3 Å². The monoisotopic (exact) mass is 510 g/mol. The van der Waals surface area contributed by atoms with E-state index in [0.717, 1.165) is 37.0 Å². The number of benzene rings is 2. The van der Waals surface area contributed by atoms with Crippen LogP contribution < -0.4 is 0 Å². The zero-order valence-corrected chi connectivity index (χ0v) is 19.1. The Bertz CT molecular complexity index is 1150. The predicted molar refractivity (Wildman–Crippen MR) is 117 cm³/mol. The zero-order chi connectivity index (χ0) is 25.6. The molecular formula is C25H24F6N4O. The number of hydrogen-bond donors (Lipinski definition) is 1. The molecule has 2 bridgehead atoms. The van der Waals surface area contributed by atoms with Crippen LogP contribution in [0, 0.1) is 0 Å². The Morgan fingerprint density at radius 2 is 1.64 bits per heavy atom. The van der Waals surface area contributed by atoms with Crippen LogP contribution in [0.2, 0.25) is 0 Å². The van der Waals surface area contributed by atoms with E-state index in [-0.39, 0.29) is 24.3 Å². The summed E-state index contributed by atoms with van der Waals surface area (Å²) in [6, 6.07) is 11.6. The first-order valence-corrected chi connectivity index (χ1v) is 11.6. The minimum Gasteiger partial charge on any atom is -0.371 e. The predicted octanol–water partition coefficient (Wildman–Crippen LogP) is 6.08. The van der Waals surface area contributed by atoms with Crippen LogP contribution in [0.5, 0.6) is 0 Å². The van der Waals surface area contributed by atoms with Gasteiger partial charge in [0.05, 0.1) is 35.9 Å². The van der Waals surface area contributed by atoms with E-state index in [1.807, 2.05) is 30.3 Å². The molecule has 0 unspecified atom stereocenters. The zero-order valence-electron chi connectivity index (χ0n) is 19.1. The molecule has 2 aliphatic heterocycles. The van der Waals surface area contributed by atoms with Crippen molar-refractivity contribution in [2.75, 3.05) is 0 Å². The molecule has 3 heterocycles. The van der Waals surface area contributed by atoms with Gasteiger partial charge in [0, 0.05) is 6.04 Å². The summed E-state index contributed by atoms with van der Waals surface area (Å²) in [5.41, 5.74) is -2.44. The summed E-state index contributed by atoms with van der Waals surface area (Å²) in [5, 5.41) is 6.81. The van der Waals surface area contributed by atoms with Gasteiger partial charge in [-0.05, 0) is 55.0 Å². The van der Waals surface area contributed by atoms with Crippen LogP contribution in [-0.4, -0.2) is 32.2 Å². The van der Waals surface area contributed by atoms with E-state index in [0.29, 0.717) is 18.8 Å². The molecule has 1 aromatic heterocycles. The Morgan fingerprint density at radius 3 is 2.25 bits per heavy atom. The fourth-order valence-corrected chi connectivity index (χ4v) is 5.72. The summed E-state index contributed by atoms with van der Waals surface area (Å²) in [7, 11) is 0. The van der Waals surface area contributed by atoms with E-state index in [4.69, 9.17) is 4.74 Å². The Morgan fingerprint density at radius 1 is 0.944 bits per heavy atom. The number of aromatic nitrogens is 3. The molecule has 0 spiro atoms. The van der Waals surface area contributed by atoms with Crippen molar-refractivity contribution in [2.24, 2.45) is 0 Å². The maximum Gasteiger partial charge on any atom is 0.416 e. The summed E-state index contributed by atoms with van der Waals surface area (Å²) in [5.74, 6) is 0.676. The van der Waals surface area contributed by atoms with E-state index in [2.05, 4.69) is 20.1 Å². The molecule has 0 amide bonds. The van der Waals surface area contributed by atoms with Crippen LogP contribution >= 0.6 is 0 Å². The van der Waals surface area contributed by atoms with Gasteiger partial charge in [-0.15, -0.1) is 0 Å². The number of aromatic amines is 1. The van der Waals surface area contributed by atoms with Gasteiger partial charge in [0.15, 0.2) is 0 Å². The number of piperidine rings is 1. The number of H-pyrrole nitrogens is 1. The van der Waals surface area contributed by atoms with Gasteiger partial charge in [0.25, 0.3) is 0 Å². The molecule has 2 saturated heterocycles. The molecule has 11 heteroatoms. The Balaban J connectivity index is 1.48. The summed E-state index contributed by atoms with van der Waals surface area (Å²) in [4.78, 5) is 6.55. The maximum absolute atomic E-state index is 13.3. The average Bonchev–Trinajstić information content (AvgIpc) is 3.43. The second-order valence-corrected chi connectivity index (χ2v) is 9.33. The molecular weight excluding hydrogens is 486 g/mol. The highest BCUT2D eigenvalue weighted by Crippen LogP contribution is 2.52. The van der Waals surface area contributed by atoms with Gasteiger partial charge >= 0.3 is 12.4 Å². The number of fused-ring (bicyclic) bond motifs is 2. The number of nitrogens with one attached hydrogen (secondary N) is 1. The van der Waals surface area contributed by atoms with E-state index in [1.54, 1.807) is 0 Å². The third kappa shape index (κ3) is 4.61. The molecule has 5 nitrogen and oxygen atoms in total. The molecule has 1 N–H and O–H groups in total. The first-order valence-electron chi connectivity index (χ1n) is 11.6. The van der Waals surface area contributed by atoms with Crippen molar-refractivity contribution < 1.29 is 31.1 Å². The molecule has 3 aromatic rings. The number of halogens is 6. The number of alkyl halides is 6. The normalized spacial score (nSPS) is 24.8. The van der Waals surface area contributed by atoms with E-state index >= 15 is 0 Å². The minimum atomic E-state index is -4.90. The topological polar surface area (TPSA) is 54.0 Å². The molecule has 0 radical (unpaired) electrons. The van der Waals surface area contributed by atoms with Crippen molar-refractivity contribution in [1.82, 2.24) is 20.1 Å². The first-order chi connectivity index (χ1) is 17.1. The Kier molecular flexibility index (Phi) is 6.32. The van der Waals surface area contributed by atoms with Crippen LogP contribution in [0.1, 0.15) is 53.8 Å². The van der Waals surface area contributed by atoms with Gasteiger partial charge in [-0.25, -0.2) is 4.98 Å². The maximum atomic E-state index is 13.3. The van der Waals surface area contributed by atoms with Gasteiger partial charge in [0.2, 0.25) is 0 Å². The van der Waals surface area contributed by atoms with Crippen molar-refractivity contribution in [2.45, 2.75) is 68.9 Å². The highest BCUT2D eigenvalue weighted by molar-refractivity contribution is 5.34. The lowest BCUT2D eigenvalue weighted by atomic mass is 9.79. The molecule has 2 aliphatic rings. The minimum absolute atomic E-state index is 0.135. The molecule has 0 aliphatic carbocycles. The van der Waals surface area contributed by atoms with Crippen molar-refractivity contribution in [3.05, 3.63) is 82.9 Å². The first kappa shape index (κ1) is 24.8. The standard InChI is InChI=1S/C25H24F6N4O/c26-24(27,28)18-10-16(11-19(12-18)25(29,30)31)14-36-21-7-6-20-8-9-23(21,17-4-2-1-3-5-17)35(20)13-22-32-15-33-34-22/h1-5,10-12,15,20-21H,6-9,13-14H2,(H,32,33,34)/t20-,21+,23+/m0/s1. The van der Waals surface area contributed by atoms with Gasteiger partial charge in [-0.2, -0.15) is 31.4 Å². The lowest BCUT2D eigenvalue weighted by Crippen LogP contribution is -2.56. The third-order valence-corrected chi connectivity index (χ3v) is 7.26. The van der Waals surface area contributed by atoms with Gasteiger partial charge in [0.1, 0.15) is 12.2 Å². The Hall–Kier alpha value is -2.92. The summed E-state index contributed by atoms with van der Waals surface area (Å²) < 4.78 is 86.2. The van der Waals surface area contributed by atoms with E-state index in [1.165, 1.54) is 6.33 Å². The van der Waals surface area contributed by atoms with Crippen molar-refractivity contribution in [3.63, 3.8) is 0 Å². The molecule has 2 fully saturated rings. The van der Waals surface area contributed by atoms with E-state index < -0.39 is 35.1 Å². The summed E-state index contributed by atoms with van der Waals surface area (Å²) in [6.45, 7) is 0.105. The smallest absolute Gasteiger partial charge is 0.371 e. The lowest BCUT2D eigenvalue weighted by Gasteiger charge is -2.49. The van der Waals surface area contributed by atoms with Crippen molar-refractivity contribution >= 4 is 0 Å². The summed E-state index contributed by atoms with van der Waals surface area (Å²) in [6.07, 6.45) is -5.75. The van der Waals surface area contributed by atoms with Crippen LogP contribution in [0.15, 0.2) is 54.9 Å². The largest absolute Gasteiger partial charge is 0.416 e. The lowest BCUT2D eigenvalue weighted by molar-refractivity contribution is -0.143. The number of hydrogen-bond acceptors (Lipinski definition) is 4. The quantitative estimate of drug-likeness (QED) is 0.409. The number of nitrogens with zero attached hydrogens (tertiary/aromatic N) is 3. The molecule has 0 saturated carbocycles. The van der Waals surface area contributed by atoms with Crippen LogP contribution in [0.3, 0.4) is 0 Å². The van der Waals surface area contributed by atoms with Crippen LogP contribution in [-0.2, 0) is 35.8 Å². The Labute approximate surface area is 203 Å². The number of rotatable bonds is 6. The average molecular weight is 510 g/mol. The second kappa shape index (κ2) is 9.19. The third-order valence-electron chi connectivity index (χ3n) is 7.26. The van der Waals surface area contributed by atoms with Crippen LogP contribution in [0.4, 0.5) is 26.3 Å². The fraction of sp³-hybridized carbons (Fsp3) is 0.440. The molecule has 192 valence electrons. The molecule has 5 rings (SSSR count). The molecule has 2 aromatic carbocycles. The van der Waals surface area contributed by atoms with Crippen LogP contribution in [0.25, 0.3) is 0 Å². The second-order valence-electron chi connectivity index (χ2n) is 9.33. The SMILES string of the molecule is FC(F)(F)c1cc(CO[C@@H]2CC[C@H]3CC[C@]2(c2ccccc2)N3Cc2ncn[nH]2)cc(C(F)(F)F)c1. The van der Waals surface area contributed by atoms with Crippen molar-refractivity contribution in [1.29, 1.82) is 0 Å². The number of ether oxygens (including phenoxy) is 1. The van der Waals surface area contributed by atoms with Gasteiger partial charge in [-0.3, -0.25) is 10.00 Å². The van der Waals surface area contributed by atoms with Crippen molar-refractivity contribution in [3.8, 4) is 0 Å². The van der Waals surface area contributed by atoms with Gasteiger partial charge in [-0.1, -0.05) is 30.3 Å². The highest BCUT2D eigenvalue weighted by atomic mass is 19.4. The fourth-order valence-electron chi connectivity index (χ4n) is 5.72. The molecule has 36 heavy (non-hydrogen) atoms. The van der Waals surface area contributed by atoms with Gasteiger partial charge < -0.3 is 4.74 Å². The molecule has 3 atom stereocenters. The summed E-state index contributed by atoms with van der Waals surface area (Å²) >= 11 is 0. The highest BCUT2D eigenvalue weighted by Gasteiger charge is 2.56.